The topological polar surface area (TPSA) is 92.2 Å². The lowest BCUT2D eigenvalue weighted by atomic mass is 10.2. The van der Waals surface area contributed by atoms with Gasteiger partial charge in [-0.2, -0.15) is 5.10 Å². The maximum Gasteiger partial charge on any atom is 0.350 e. The van der Waals surface area contributed by atoms with Crippen molar-refractivity contribution in [3.8, 4) is 17.2 Å². The molecule has 30 heavy (non-hydrogen) atoms. The molecule has 0 radical (unpaired) electrons. The minimum atomic E-state index is -0.458. The molecule has 0 aliphatic carbocycles. The van der Waals surface area contributed by atoms with Crippen molar-refractivity contribution in [2.45, 2.75) is 13.5 Å². The number of ether oxygens (including phenoxy) is 1. The highest BCUT2D eigenvalue weighted by molar-refractivity contribution is 5.40. The minimum absolute atomic E-state index is 0.00520. The summed E-state index contributed by atoms with van der Waals surface area (Å²) in [5.74, 6) is 1.93. The molecule has 0 saturated heterocycles. The third-order valence-electron chi connectivity index (χ3n) is 4.55. The molecular formula is C22H18N4O4. The van der Waals surface area contributed by atoms with Crippen molar-refractivity contribution in [2.24, 2.45) is 0 Å². The van der Waals surface area contributed by atoms with Gasteiger partial charge in [-0.05, 0) is 48.9 Å². The van der Waals surface area contributed by atoms with Gasteiger partial charge in [0, 0.05) is 12.1 Å². The number of nitrogens with zero attached hydrogens (tertiary/aromatic N) is 4. The first kappa shape index (κ1) is 19.1. The predicted octanol–water partition coefficient (Wildman–Crippen LogP) is 4.09. The number of nitro groups is 1. The first-order chi connectivity index (χ1) is 14.5. The van der Waals surface area contributed by atoms with E-state index in [2.05, 4.69) is 5.10 Å². The molecule has 0 bridgehead atoms. The number of non-ortho nitro benzene ring substituents is 1. The molecule has 0 aliphatic heterocycles. The smallest absolute Gasteiger partial charge is 0.350 e. The van der Waals surface area contributed by atoms with E-state index in [-0.39, 0.29) is 17.9 Å². The molecule has 4 aromatic rings. The average molecular weight is 402 g/mol. The maximum atomic E-state index is 12.9. The summed E-state index contributed by atoms with van der Waals surface area (Å²) in [5.41, 5.74) is 1.14. The third kappa shape index (κ3) is 3.97. The van der Waals surface area contributed by atoms with Gasteiger partial charge in [0.05, 0.1) is 17.2 Å². The van der Waals surface area contributed by atoms with Gasteiger partial charge < -0.3 is 4.74 Å². The van der Waals surface area contributed by atoms with Crippen LogP contribution in [0.4, 0.5) is 5.69 Å². The van der Waals surface area contributed by atoms with Crippen LogP contribution in [0.3, 0.4) is 0 Å². The van der Waals surface area contributed by atoms with Crippen LogP contribution in [0.25, 0.3) is 5.69 Å². The van der Waals surface area contributed by atoms with Crippen LogP contribution in [0.2, 0.25) is 0 Å². The molecule has 0 spiro atoms. The number of rotatable bonds is 6. The minimum Gasteiger partial charge on any atom is -0.457 e. The monoisotopic (exact) mass is 402 g/mol. The molecule has 3 aromatic carbocycles. The fraction of sp³-hybridized carbons (Fsp3) is 0.0909. The van der Waals surface area contributed by atoms with Gasteiger partial charge >= 0.3 is 5.69 Å². The molecule has 4 rings (SSSR count). The molecule has 1 heterocycles. The molecule has 0 saturated carbocycles. The van der Waals surface area contributed by atoms with Crippen molar-refractivity contribution in [1.82, 2.24) is 14.3 Å². The van der Waals surface area contributed by atoms with E-state index < -0.39 is 4.92 Å². The summed E-state index contributed by atoms with van der Waals surface area (Å²) in [5, 5.41) is 15.1. The molecule has 150 valence electrons. The van der Waals surface area contributed by atoms with E-state index in [1.807, 2.05) is 30.3 Å². The summed E-state index contributed by atoms with van der Waals surface area (Å²) in [7, 11) is 0. The van der Waals surface area contributed by atoms with Crippen LogP contribution in [0.1, 0.15) is 11.4 Å². The van der Waals surface area contributed by atoms with E-state index in [1.165, 1.54) is 21.4 Å². The molecule has 0 fully saturated rings. The Hall–Kier alpha value is -4.20. The molecule has 0 amide bonds. The fourth-order valence-corrected chi connectivity index (χ4v) is 3.10. The lowest BCUT2D eigenvalue weighted by molar-refractivity contribution is -0.384. The molecule has 8 heteroatoms. The Balaban J connectivity index is 1.56. The van der Waals surface area contributed by atoms with Crippen molar-refractivity contribution < 1.29 is 9.66 Å². The lowest BCUT2D eigenvalue weighted by Crippen LogP contribution is -2.24. The number of aryl methyl sites for hydroxylation is 1. The first-order valence-corrected chi connectivity index (χ1v) is 9.24. The van der Waals surface area contributed by atoms with Gasteiger partial charge in [-0.25, -0.2) is 14.0 Å². The van der Waals surface area contributed by atoms with Crippen LogP contribution >= 0.6 is 0 Å². The Morgan fingerprint density at radius 3 is 2.20 bits per heavy atom. The number of hydrogen-bond acceptors (Lipinski definition) is 5. The van der Waals surface area contributed by atoms with E-state index >= 15 is 0 Å². The molecule has 1 aromatic heterocycles. The predicted molar refractivity (Wildman–Crippen MR) is 111 cm³/mol. The number of para-hydroxylation sites is 1. The summed E-state index contributed by atoms with van der Waals surface area (Å²) < 4.78 is 8.63. The van der Waals surface area contributed by atoms with Gasteiger partial charge in [0.1, 0.15) is 17.3 Å². The van der Waals surface area contributed by atoms with Crippen LogP contribution < -0.4 is 10.4 Å². The highest BCUT2D eigenvalue weighted by Gasteiger charge is 2.13. The number of hydrogen-bond donors (Lipinski definition) is 0. The summed E-state index contributed by atoms with van der Waals surface area (Å²) >= 11 is 0. The zero-order chi connectivity index (χ0) is 21.1. The van der Waals surface area contributed by atoms with Crippen LogP contribution in [-0.2, 0) is 6.54 Å². The third-order valence-corrected chi connectivity index (χ3v) is 4.55. The van der Waals surface area contributed by atoms with Gasteiger partial charge in [-0.15, -0.1) is 0 Å². The normalized spacial score (nSPS) is 10.7. The molecule has 8 nitrogen and oxygen atoms in total. The molecule has 0 atom stereocenters. The van der Waals surface area contributed by atoms with Gasteiger partial charge in [-0.1, -0.05) is 30.3 Å². The molecule has 0 N–H and O–H groups in total. The van der Waals surface area contributed by atoms with Gasteiger partial charge in [0.2, 0.25) is 0 Å². The first-order valence-electron chi connectivity index (χ1n) is 9.24. The van der Waals surface area contributed by atoms with Crippen LogP contribution in [0.5, 0.6) is 11.5 Å². The zero-order valence-corrected chi connectivity index (χ0v) is 16.1. The maximum absolute atomic E-state index is 12.9. The second-order valence-corrected chi connectivity index (χ2v) is 6.66. The van der Waals surface area contributed by atoms with E-state index in [4.69, 9.17) is 4.74 Å². The van der Waals surface area contributed by atoms with E-state index in [9.17, 15) is 14.9 Å². The zero-order valence-electron chi connectivity index (χ0n) is 16.1. The number of nitro benzene ring substituents is 1. The van der Waals surface area contributed by atoms with Gasteiger partial charge in [-0.3, -0.25) is 10.1 Å². The lowest BCUT2D eigenvalue weighted by Gasteiger charge is -2.07. The molecular weight excluding hydrogens is 384 g/mol. The van der Waals surface area contributed by atoms with Crippen LogP contribution in [0.15, 0.2) is 83.7 Å². The van der Waals surface area contributed by atoms with Crippen molar-refractivity contribution >= 4 is 5.69 Å². The Kier molecular flexibility index (Phi) is 5.13. The average Bonchev–Trinajstić information content (AvgIpc) is 3.03. The van der Waals surface area contributed by atoms with Crippen LogP contribution in [-0.4, -0.2) is 19.3 Å². The summed E-state index contributed by atoms with van der Waals surface area (Å²) in [6.07, 6.45) is 0. The fourth-order valence-electron chi connectivity index (χ4n) is 3.10. The Morgan fingerprint density at radius 1 is 0.933 bits per heavy atom. The summed E-state index contributed by atoms with van der Waals surface area (Å²) in [6.45, 7) is 1.97. The van der Waals surface area contributed by atoms with E-state index in [1.54, 1.807) is 43.3 Å². The van der Waals surface area contributed by atoms with Crippen molar-refractivity contribution in [1.29, 1.82) is 0 Å². The second-order valence-electron chi connectivity index (χ2n) is 6.66. The summed E-state index contributed by atoms with van der Waals surface area (Å²) in [4.78, 5) is 23.2. The van der Waals surface area contributed by atoms with Crippen LogP contribution in [0, 0.1) is 17.0 Å². The molecule has 0 aliphatic rings. The quantitative estimate of drug-likeness (QED) is 0.358. The van der Waals surface area contributed by atoms with Gasteiger partial charge in [0.15, 0.2) is 0 Å². The van der Waals surface area contributed by atoms with E-state index in [0.717, 1.165) is 11.3 Å². The Morgan fingerprint density at radius 2 is 1.57 bits per heavy atom. The second kappa shape index (κ2) is 8.04. The van der Waals surface area contributed by atoms with Crippen molar-refractivity contribution in [2.75, 3.05) is 0 Å². The SMILES string of the molecule is Cc1nn(Cc2ccc([N+](=O)[O-])cc2)c(=O)n1-c1ccc(Oc2ccccc2)cc1. The number of aromatic nitrogens is 3. The standard InChI is InChI=1S/C22H18N4O4/c1-16-23-24(15-17-7-9-19(10-8-17)26(28)29)22(27)25(16)18-11-13-21(14-12-18)30-20-5-3-2-4-6-20/h2-14H,15H2,1H3. The van der Waals surface area contributed by atoms with E-state index in [0.29, 0.717) is 17.3 Å². The Labute approximate surface area is 171 Å². The summed E-state index contributed by atoms with van der Waals surface area (Å²) in [6, 6.07) is 22.7. The Bertz CT molecular complexity index is 1230. The highest BCUT2D eigenvalue weighted by Crippen LogP contribution is 2.22. The number of benzene rings is 3. The van der Waals surface area contributed by atoms with Crippen molar-refractivity contribution in [3.63, 3.8) is 0 Å². The van der Waals surface area contributed by atoms with Crippen molar-refractivity contribution in [3.05, 3.63) is 111 Å². The highest BCUT2D eigenvalue weighted by atomic mass is 16.6. The largest absolute Gasteiger partial charge is 0.457 e. The molecule has 0 unspecified atom stereocenters. The van der Waals surface area contributed by atoms with Gasteiger partial charge in [0.25, 0.3) is 5.69 Å².